The second kappa shape index (κ2) is 2.86. The normalized spacial score (nSPS) is 35.3. The molecule has 0 radical (unpaired) electrons. The molecule has 72 valence electrons. The van der Waals surface area contributed by atoms with E-state index in [4.69, 9.17) is 4.74 Å². The minimum absolute atomic E-state index is 0.232. The molecule has 13 heavy (non-hydrogen) atoms. The van der Waals surface area contributed by atoms with Crippen LogP contribution in [0.15, 0.2) is 12.2 Å². The molecule has 3 rings (SSSR count). The Hall–Kier alpha value is -0.790. The molecule has 3 aliphatic carbocycles. The fraction of sp³-hybridized carbons (Fsp3) is 0.727. The summed E-state index contributed by atoms with van der Waals surface area (Å²) in [6.45, 7) is 5.87. The second-order valence-electron chi connectivity index (χ2n) is 4.67. The van der Waals surface area contributed by atoms with Crippen LogP contribution in [-0.4, -0.2) is 12.6 Å². The summed E-state index contributed by atoms with van der Waals surface area (Å²) in [7, 11) is 0. The molecule has 0 aliphatic heterocycles. The standard InChI is InChI=1S/C11H16O2/c1-8(2)10(12)13-7-11-4-3-9(5-11)6-11/h9H,1,3-7H2,2H3. The zero-order valence-corrected chi connectivity index (χ0v) is 8.14. The lowest BCUT2D eigenvalue weighted by atomic mass is 9.70. The van der Waals surface area contributed by atoms with E-state index in [9.17, 15) is 4.79 Å². The number of carbonyl (C=O) groups is 1. The maximum atomic E-state index is 11.1. The average molecular weight is 180 g/mol. The van der Waals surface area contributed by atoms with Gasteiger partial charge < -0.3 is 4.74 Å². The summed E-state index contributed by atoms with van der Waals surface area (Å²) in [5.74, 6) is 0.702. The first kappa shape index (κ1) is 8.79. The van der Waals surface area contributed by atoms with E-state index in [0.717, 1.165) is 5.92 Å². The van der Waals surface area contributed by atoms with Gasteiger partial charge in [0.1, 0.15) is 0 Å². The van der Waals surface area contributed by atoms with Gasteiger partial charge in [-0.3, -0.25) is 0 Å². The van der Waals surface area contributed by atoms with Crippen molar-refractivity contribution in [2.24, 2.45) is 11.3 Å². The first-order chi connectivity index (χ1) is 6.11. The molecule has 0 saturated heterocycles. The summed E-state index contributed by atoms with van der Waals surface area (Å²) in [6, 6.07) is 0. The van der Waals surface area contributed by atoms with Crippen LogP contribution in [0.25, 0.3) is 0 Å². The Balaban J connectivity index is 1.80. The fourth-order valence-corrected chi connectivity index (χ4v) is 2.62. The Kier molecular flexibility index (Phi) is 1.94. The minimum atomic E-state index is -0.232. The lowest BCUT2D eigenvalue weighted by Crippen LogP contribution is -2.33. The summed E-state index contributed by atoms with van der Waals surface area (Å²) >= 11 is 0. The average Bonchev–Trinajstić information content (AvgIpc) is 2.57. The van der Waals surface area contributed by atoms with Crippen LogP contribution >= 0.6 is 0 Å². The van der Waals surface area contributed by atoms with Crippen molar-refractivity contribution in [3.05, 3.63) is 12.2 Å². The van der Waals surface area contributed by atoms with Crippen molar-refractivity contribution < 1.29 is 9.53 Å². The zero-order chi connectivity index (χ0) is 9.47. The molecule has 0 aromatic rings. The van der Waals surface area contributed by atoms with Crippen LogP contribution in [0.4, 0.5) is 0 Å². The first-order valence-electron chi connectivity index (χ1n) is 4.94. The van der Waals surface area contributed by atoms with Gasteiger partial charge in [0.05, 0.1) is 6.61 Å². The summed E-state index contributed by atoms with van der Waals surface area (Å²) in [4.78, 5) is 11.1. The monoisotopic (exact) mass is 180 g/mol. The number of esters is 1. The molecule has 3 saturated carbocycles. The van der Waals surface area contributed by atoms with E-state index in [1.807, 2.05) is 0 Å². The summed E-state index contributed by atoms with van der Waals surface area (Å²) < 4.78 is 5.19. The molecule has 0 spiro atoms. The Labute approximate surface area is 79.0 Å². The molecule has 2 nitrogen and oxygen atoms in total. The van der Waals surface area contributed by atoms with Crippen molar-refractivity contribution in [3.8, 4) is 0 Å². The number of rotatable bonds is 3. The van der Waals surface area contributed by atoms with Gasteiger partial charge in [-0.25, -0.2) is 4.79 Å². The van der Waals surface area contributed by atoms with Gasteiger partial charge in [-0.15, -0.1) is 0 Å². The molecule has 3 fully saturated rings. The van der Waals surface area contributed by atoms with E-state index in [0.29, 0.717) is 17.6 Å². The predicted octanol–water partition coefficient (Wildman–Crippen LogP) is 2.30. The number of hydrogen-bond donors (Lipinski definition) is 0. The number of carbonyl (C=O) groups excluding carboxylic acids is 1. The van der Waals surface area contributed by atoms with Gasteiger partial charge in [0.15, 0.2) is 0 Å². The van der Waals surface area contributed by atoms with Crippen LogP contribution in [0, 0.1) is 11.3 Å². The Morgan fingerprint density at radius 3 is 2.77 bits per heavy atom. The minimum Gasteiger partial charge on any atom is -0.462 e. The molecular weight excluding hydrogens is 164 g/mol. The van der Waals surface area contributed by atoms with E-state index in [1.165, 1.54) is 25.7 Å². The van der Waals surface area contributed by atoms with E-state index in [1.54, 1.807) is 6.92 Å². The molecule has 0 amide bonds. The summed E-state index contributed by atoms with van der Waals surface area (Å²) in [5.41, 5.74) is 0.876. The highest BCUT2D eigenvalue weighted by Gasteiger charge is 2.50. The smallest absolute Gasteiger partial charge is 0.333 e. The van der Waals surface area contributed by atoms with Crippen LogP contribution in [-0.2, 0) is 9.53 Å². The Bertz CT molecular complexity index is 243. The molecule has 0 aromatic heterocycles. The topological polar surface area (TPSA) is 26.3 Å². The molecule has 2 heteroatoms. The van der Waals surface area contributed by atoms with Crippen LogP contribution < -0.4 is 0 Å². The maximum absolute atomic E-state index is 11.1. The lowest BCUT2D eigenvalue weighted by Gasteiger charge is -2.37. The van der Waals surface area contributed by atoms with E-state index < -0.39 is 0 Å². The highest BCUT2D eigenvalue weighted by molar-refractivity contribution is 5.86. The van der Waals surface area contributed by atoms with Gasteiger partial charge in [0.25, 0.3) is 0 Å². The van der Waals surface area contributed by atoms with Crippen molar-refractivity contribution in [1.29, 1.82) is 0 Å². The SMILES string of the molecule is C=C(C)C(=O)OCC12CCC(C1)C2. The largest absolute Gasteiger partial charge is 0.462 e. The van der Waals surface area contributed by atoms with Gasteiger partial charge >= 0.3 is 5.97 Å². The highest BCUT2D eigenvalue weighted by atomic mass is 16.5. The molecule has 2 bridgehead atoms. The van der Waals surface area contributed by atoms with Crippen molar-refractivity contribution in [2.75, 3.05) is 6.61 Å². The van der Waals surface area contributed by atoms with Gasteiger partial charge in [-0.05, 0) is 38.5 Å². The van der Waals surface area contributed by atoms with Crippen LogP contribution in [0.5, 0.6) is 0 Å². The van der Waals surface area contributed by atoms with Crippen molar-refractivity contribution >= 4 is 5.97 Å². The third kappa shape index (κ3) is 1.50. The highest BCUT2D eigenvalue weighted by Crippen LogP contribution is 2.58. The first-order valence-corrected chi connectivity index (χ1v) is 4.94. The number of hydrogen-bond acceptors (Lipinski definition) is 2. The Morgan fingerprint density at radius 2 is 2.31 bits per heavy atom. The third-order valence-corrected chi connectivity index (χ3v) is 3.38. The van der Waals surface area contributed by atoms with Crippen LogP contribution in [0.2, 0.25) is 0 Å². The van der Waals surface area contributed by atoms with E-state index in [2.05, 4.69) is 6.58 Å². The quantitative estimate of drug-likeness (QED) is 0.492. The maximum Gasteiger partial charge on any atom is 0.333 e. The molecule has 0 heterocycles. The van der Waals surface area contributed by atoms with E-state index in [-0.39, 0.29) is 5.97 Å². The predicted molar refractivity (Wildman–Crippen MR) is 50.2 cm³/mol. The number of ether oxygens (including phenoxy) is 1. The van der Waals surface area contributed by atoms with Gasteiger partial charge in [0, 0.05) is 11.0 Å². The molecule has 3 aliphatic rings. The Morgan fingerprint density at radius 1 is 1.62 bits per heavy atom. The lowest BCUT2D eigenvalue weighted by molar-refractivity contribution is -0.144. The van der Waals surface area contributed by atoms with Crippen LogP contribution in [0.1, 0.15) is 32.6 Å². The molecule has 0 unspecified atom stereocenters. The van der Waals surface area contributed by atoms with Crippen molar-refractivity contribution in [2.45, 2.75) is 32.6 Å². The fourth-order valence-electron chi connectivity index (χ4n) is 2.62. The molecule has 0 atom stereocenters. The number of fused-ring (bicyclic) bond motifs is 1. The van der Waals surface area contributed by atoms with Gasteiger partial charge in [0.2, 0.25) is 0 Å². The van der Waals surface area contributed by atoms with Gasteiger partial charge in [-0.2, -0.15) is 0 Å². The van der Waals surface area contributed by atoms with Gasteiger partial charge in [-0.1, -0.05) is 6.58 Å². The van der Waals surface area contributed by atoms with Crippen molar-refractivity contribution in [1.82, 2.24) is 0 Å². The molecule has 0 aromatic carbocycles. The second-order valence-corrected chi connectivity index (χ2v) is 4.67. The van der Waals surface area contributed by atoms with Crippen LogP contribution in [0.3, 0.4) is 0 Å². The van der Waals surface area contributed by atoms with E-state index >= 15 is 0 Å². The molecule has 0 N–H and O–H groups in total. The third-order valence-electron chi connectivity index (χ3n) is 3.38. The van der Waals surface area contributed by atoms with Crippen molar-refractivity contribution in [3.63, 3.8) is 0 Å². The summed E-state index contributed by atoms with van der Waals surface area (Å²) in [6.07, 6.45) is 5.14. The zero-order valence-electron chi connectivity index (χ0n) is 8.14. The summed E-state index contributed by atoms with van der Waals surface area (Å²) in [5, 5.41) is 0. The molecular formula is C11H16O2.